The van der Waals surface area contributed by atoms with E-state index in [-0.39, 0.29) is 24.7 Å². The SMILES string of the molecule is N#CCN(CC#N)c1ncnc(NN)c1[N+](=O)[O-]. The normalized spacial score (nSPS) is 9.06. The molecule has 0 aromatic carbocycles. The predicted octanol–water partition coefficient (Wildman–Crippen LogP) is -0.476. The Labute approximate surface area is 101 Å². The van der Waals surface area contributed by atoms with Crippen LogP contribution in [0.25, 0.3) is 0 Å². The van der Waals surface area contributed by atoms with Crippen molar-refractivity contribution in [3.63, 3.8) is 0 Å². The molecule has 0 amide bonds. The van der Waals surface area contributed by atoms with Gasteiger partial charge in [-0.3, -0.25) is 10.1 Å². The van der Waals surface area contributed by atoms with E-state index >= 15 is 0 Å². The lowest BCUT2D eigenvalue weighted by molar-refractivity contribution is -0.383. The molecule has 10 nitrogen and oxygen atoms in total. The number of hydrazine groups is 1. The molecule has 0 unspecified atom stereocenters. The second-order valence-corrected chi connectivity index (χ2v) is 2.97. The summed E-state index contributed by atoms with van der Waals surface area (Å²) >= 11 is 0. The van der Waals surface area contributed by atoms with Gasteiger partial charge < -0.3 is 10.3 Å². The maximum atomic E-state index is 11.0. The zero-order valence-electron chi connectivity index (χ0n) is 9.07. The molecule has 0 spiro atoms. The van der Waals surface area contributed by atoms with E-state index in [4.69, 9.17) is 16.4 Å². The summed E-state index contributed by atoms with van der Waals surface area (Å²) in [6.07, 6.45) is 1.05. The van der Waals surface area contributed by atoms with E-state index in [1.807, 2.05) is 0 Å². The van der Waals surface area contributed by atoms with Crippen LogP contribution in [0, 0.1) is 32.8 Å². The second-order valence-electron chi connectivity index (χ2n) is 2.97. The minimum atomic E-state index is -0.730. The third-order valence-electron chi connectivity index (χ3n) is 1.94. The van der Waals surface area contributed by atoms with Crippen molar-refractivity contribution < 1.29 is 4.92 Å². The van der Waals surface area contributed by atoms with Crippen molar-refractivity contribution in [2.75, 3.05) is 23.4 Å². The van der Waals surface area contributed by atoms with Crippen molar-refractivity contribution in [3.8, 4) is 12.1 Å². The number of aromatic nitrogens is 2. The highest BCUT2D eigenvalue weighted by Gasteiger charge is 2.26. The van der Waals surface area contributed by atoms with Crippen molar-refractivity contribution in [3.05, 3.63) is 16.4 Å². The van der Waals surface area contributed by atoms with Crippen LogP contribution < -0.4 is 16.2 Å². The van der Waals surface area contributed by atoms with Crippen LogP contribution >= 0.6 is 0 Å². The van der Waals surface area contributed by atoms with E-state index in [9.17, 15) is 10.1 Å². The van der Waals surface area contributed by atoms with Crippen LogP contribution in [0.4, 0.5) is 17.3 Å². The molecule has 0 aliphatic heterocycles. The average Bonchev–Trinajstić information content (AvgIpc) is 2.37. The Bertz CT molecular complexity index is 515. The topological polar surface area (TPSA) is 158 Å². The number of nitriles is 2. The second kappa shape index (κ2) is 5.93. The van der Waals surface area contributed by atoms with Gasteiger partial charge in [-0.05, 0) is 0 Å². The fourth-order valence-electron chi connectivity index (χ4n) is 1.25. The molecule has 0 aliphatic rings. The molecule has 1 aromatic heterocycles. The van der Waals surface area contributed by atoms with Gasteiger partial charge in [0.1, 0.15) is 19.4 Å². The smallest absolute Gasteiger partial charge is 0.324 e. The highest BCUT2D eigenvalue weighted by molar-refractivity contribution is 5.70. The van der Waals surface area contributed by atoms with Gasteiger partial charge in [-0.25, -0.2) is 15.8 Å². The molecule has 0 saturated heterocycles. The quantitative estimate of drug-likeness (QED) is 0.303. The Morgan fingerprint density at radius 3 is 2.50 bits per heavy atom. The largest absolute Gasteiger partial charge is 0.354 e. The Hall–Kier alpha value is -2.98. The van der Waals surface area contributed by atoms with Crippen LogP contribution in [-0.4, -0.2) is 28.0 Å². The molecule has 1 aromatic rings. The van der Waals surface area contributed by atoms with Crippen LogP contribution in [-0.2, 0) is 0 Å². The van der Waals surface area contributed by atoms with Gasteiger partial charge in [0.05, 0.1) is 17.1 Å². The van der Waals surface area contributed by atoms with Gasteiger partial charge in [0, 0.05) is 0 Å². The summed E-state index contributed by atoms with van der Waals surface area (Å²) in [4.78, 5) is 18.7. The fourth-order valence-corrected chi connectivity index (χ4v) is 1.25. The van der Waals surface area contributed by atoms with Crippen molar-refractivity contribution >= 4 is 17.3 Å². The van der Waals surface area contributed by atoms with Crippen LogP contribution in [0.5, 0.6) is 0 Å². The van der Waals surface area contributed by atoms with Gasteiger partial charge in [-0.2, -0.15) is 10.5 Å². The standard InChI is InChI=1S/C8H8N8O2/c9-1-3-15(4-2-10)8-6(16(17)18)7(14-11)12-5-13-8/h5H,3-4,11H2,(H,12,13,14). The van der Waals surface area contributed by atoms with Gasteiger partial charge in [0.2, 0.25) is 11.6 Å². The molecule has 0 atom stereocenters. The molecule has 18 heavy (non-hydrogen) atoms. The maximum absolute atomic E-state index is 11.0. The van der Waals surface area contributed by atoms with E-state index in [2.05, 4.69) is 15.4 Å². The number of nitrogen functional groups attached to an aromatic ring is 1. The molecule has 0 aliphatic carbocycles. The molecule has 92 valence electrons. The van der Waals surface area contributed by atoms with E-state index in [0.29, 0.717) is 0 Å². The summed E-state index contributed by atoms with van der Waals surface area (Å²) in [5.74, 6) is 4.79. The zero-order chi connectivity index (χ0) is 13.5. The molecular formula is C8H8N8O2. The molecule has 10 heteroatoms. The Morgan fingerprint density at radius 1 is 1.44 bits per heavy atom. The molecule has 0 fully saturated rings. The third-order valence-corrected chi connectivity index (χ3v) is 1.94. The average molecular weight is 248 g/mol. The number of hydrogen-bond acceptors (Lipinski definition) is 9. The first kappa shape index (κ1) is 13.1. The Morgan fingerprint density at radius 2 is 2.06 bits per heavy atom. The first-order valence-corrected chi connectivity index (χ1v) is 4.60. The summed E-state index contributed by atoms with van der Waals surface area (Å²) in [6.45, 7) is -0.426. The lowest BCUT2D eigenvalue weighted by atomic mass is 10.3. The minimum absolute atomic E-state index is 0.133. The number of nitrogens with two attached hydrogens (primary N) is 1. The molecule has 3 N–H and O–H groups in total. The highest BCUT2D eigenvalue weighted by Crippen LogP contribution is 2.30. The van der Waals surface area contributed by atoms with Gasteiger partial charge in [0.15, 0.2) is 0 Å². The van der Waals surface area contributed by atoms with E-state index in [0.717, 1.165) is 11.2 Å². The lowest BCUT2D eigenvalue weighted by Crippen LogP contribution is -2.26. The van der Waals surface area contributed by atoms with Crippen LogP contribution in [0.15, 0.2) is 6.33 Å². The number of nitrogens with one attached hydrogen (secondary N) is 1. The Kier molecular flexibility index (Phi) is 4.31. The summed E-state index contributed by atoms with van der Waals surface area (Å²) in [7, 11) is 0. The molecule has 0 saturated carbocycles. The monoisotopic (exact) mass is 248 g/mol. The fraction of sp³-hybridized carbons (Fsp3) is 0.250. The minimum Gasteiger partial charge on any atom is -0.324 e. The van der Waals surface area contributed by atoms with Crippen LogP contribution in [0.3, 0.4) is 0 Å². The van der Waals surface area contributed by atoms with Crippen LogP contribution in [0.1, 0.15) is 0 Å². The number of nitro groups is 1. The third kappa shape index (κ3) is 2.58. The van der Waals surface area contributed by atoms with E-state index < -0.39 is 10.6 Å². The van der Waals surface area contributed by atoms with E-state index in [1.165, 1.54) is 0 Å². The van der Waals surface area contributed by atoms with Gasteiger partial charge in [-0.1, -0.05) is 0 Å². The maximum Gasteiger partial charge on any atom is 0.354 e. The van der Waals surface area contributed by atoms with Crippen molar-refractivity contribution in [2.24, 2.45) is 5.84 Å². The molecule has 0 radical (unpaired) electrons. The summed E-state index contributed by atoms with van der Waals surface area (Å²) < 4.78 is 0. The van der Waals surface area contributed by atoms with Crippen molar-refractivity contribution in [1.82, 2.24) is 9.97 Å². The van der Waals surface area contributed by atoms with Crippen LogP contribution in [0.2, 0.25) is 0 Å². The first-order chi connectivity index (χ1) is 8.65. The summed E-state index contributed by atoms with van der Waals surface area (Å²) in [5.41, 5.74) is 1.59. The zero-order valence-corrected chi connectivity index (χ0v) is 9.07. The van der Waals surface area contributed by atoms with Gasteiger partial charge >= 0.3 is 5.69 Å². The van der Waals surface area contributed by atoms with E-state index in [1.54, 1.807) is 12.1 Å². The summed E-state index contributed by atoms with van der Waals surface area (Å²) in [6, 6.07) is 3.59. The molecule has 0 bridgehead atoms. The Balaban J connectivity index is 3.34. The summed E-state index contributed by atoms with van der Waals surface area (Å²) in [5, 5.41) is 28.2. The molecule has 1 heterocycles. The molecule has 1 rings (SSSR count). The predicted molar refractivity (Wildman–Crippen MR) is 59.9 cm³/mol. The van der Waals surface area contributed by atoms with Gasteiger partial charge in [-0.15, -0.1) is 0 Å². The highest BCUT2D eigenvalue weighted by atomic mass is 16.6. The van der Waals surface area contributed by atoms with Gasteiger partial charge in [0.25, 0.3) is 0 Å². The first-order valence-electron chi connectivity index (χ1n) is 4.60. The number of rotatable bonds is 5. The number of hydrogen-bond donors (Lipinski definition) is 2. The number of nitrogens with zero attached hydrogens (tertiary/aromatic N) is 6. The molecular weight excluding hydrogens is 240 g/mol. The number of anilines is 2. The lowest BCUT2D eigenvalue weighted by Gasteiger charge is -2.16. The van der Waals surface area contributed by atoms with Crippen molar-refractivity contribution in [1.29, 1.82) is 10.5 Å². The van der Waals surface area contributed by atoms with Crippen molar-refractivity contribution in [2.45, 2.75) is 0 Å².